The Morgan fingerprint density at radius 2 is 1.55 bits per heavy atom. The minimum absolute atomic E-state index is 0.0238. The summed E-state index contributed by atoms with van der Waals surface area (Å²) in [5.74, 6) is 0.934. The molecule has 0 aromatic heterocycles. The van der Waals surface area contributed by atoms with Gasteiger partial charge < -0.3 is 10.2 Å². The summed E-state index contributed by atoms with van der Waals surface area (Å²) in [4.78, 5) is 29.4. The van der Waals surface area contributed by atoms with Gasteiger partial charge in [0.25, 0.3) is 0 Å². The lowest BCUT2D eigenvalue weighted by Crippen LogP contribution is -2.53. The zero-order chi connectivity index (χ0) is 26.7. The number of hydrogen-bond acceptors (Lipinski definition) is 3. The lowest BCUT2D eigenvalue weighted by molar-refractivity contribution is -0.139. The van der Waals surface area contributed by atoms with Crippen LogP contribution in [-0.4, -0.2) is 34.6 Å². The number of rotatable bonds is 11. The molecule has 0 heterocycles. The van der Waals surface area contributed by atoms with Crippen molar-refractivity contribution in [2.24, 2.45) is 0 Å². The zero-order valence-electron chi connectivity index (χ0n) is 22.1. The third kappa shape index (κ3) is 8.64. The normalized spacial score (nSPS) is 14.6. The number of nitrogens with one attached hydrogen (secondary N) is 1. The second kappa shape index (κ2) is 14.4. The van der Waals surface area contributed by atoms with Crippen LogP contribution in [0.25, 0.3) is 0 Å². The summed E-state index contributed by atoms with van der Waals surface area (Å²) in [7, 11) is 0. The number of aryl methyl sites for hydroxylation is 1. The average molecular weight is 549 g/mol. The minimum Gasteiger partial charge on any atom is -0.352 e. The van der Waals surface area contributed by atoms with E-state index in [1.165, 1.54) is 12.0 Å². The van der Waals surface area contributed by atoms with Crippen molar-refractivity contribution in [2.75, 3.05) is 5.75 Å². The fraction of sp³-hybridized carbons (Fsp3) is 0.375. The van der Waals surface area contributed by atoms with Crippen LogP contribution >= 0.6 is 23.4 Å². The Kier molecular flexibility index (Phi) is 10.7. The maximum absolute atomic E-state index is 13.8. The van der Waals surface area contributed by atoms with E-state index in [-0.39, 0.29) is 17.9 Å². The van der Waals surface area contributed by atoms with Crippen molar-refractivity contribution in [3.63, 3.8) is 0 Å². The van der Waals surface area contributed by atoms with Gasteiger partial charge in [-0.05, 0) is 48.6 Å². The third-order valence-electron chi connectivity index (χ3n) is 7.10. The smallest absolute Gasteiger partial charge is 0.243 e. The highest BCUT2D eigenvalue weighted by Crippen LogP contribution is 2.22. The Morgan fingerprint density at radius 3 is 2.24 bits per heavy atom. The van der Waals surface area contributed by atoms with Crippen molar-refractivity contribution in [2.45, 2.75) is 69.8 Å². The monoisotopic (exact) mass is 548 g/mol. The molecule has 1 fully saturated rings. The molecule has 1 aliphatic rings. The molecule has 0 unspecified atom stereocenters. The summed E-state index contributed by atoms with van der Waals surface area (Å²) in [5.41, 5.74) is 4.36. The van der Waals surface area contributed by atoms with E-state index < -0.39 is 6.04 Å². The Labute approximate surface area is 236 Å². The number of benzene rings is 3. The largest absolute Gasteiger partial charge is 0.352 e. The van der Waals surface area contributed by atoms with Crippen molar-refractivity contribution >= 4 is 35.2 Å². The van der Waals surface area contributed by atoms with Gasteiger partial charge in [-0.2, -0.15) is 0 Å². The van der Waals surface area contributed by atoms with Crippen LogP contribution in [0.2, 0.25) is 5.02 Å². The Morgan fingerprint density at radius 1 is 0.895 bits per heavy atom. The summed E-state index contributed by atoms with van der Waals surface area (Å²) in [6.07, 6.45) is 6.00. The topological polar surface area (TPSA) is 49.4 Å². The summed E-state index contributed by atoms with van der Waals surface area (Å²) >= 11 is 7.59. The lowest BCUT2D eigenvalue weighted by atomic mass is 9.94. The fourth-order valence-corrected chi connectivity index (χ4v) is 5.90. The van der Waals surface area contributed by atoms with Gasteiger partial charge in [-0.15, -0.1) is 11.8 Å². The molecule has 38 heavy (non-hydrogen) atoms. The molecule has 1 N–H and O–H groups in total. The quantitative estimate of drug-likeness (QED) is 0.281. The van der Waals surface area contributed by atoms with Gasteiger partial charge in [0, 0.05) is 29.8 Å². The van der Waals surface area contributed by atoms with E-state index in [2.05, 4.69) is 36.5 Å². The van der Waals surface area contributed by atoms with Crippen molar-refractivity contribution < 1.29 is 9.59 Å². The number of hydrogen-bond donors (Lipinski definition) is 1. The minimum atomic E-state index is -0.579. The van der Waals surface area contributed by atoms with E-state index in [0.29, 0.717) is 29.5 Å². The Balaban J connectivity index is 1.55. The van der Waals surface area contributed by atoms with Crippen molar-refractivity contribution in [1.29, 1.82) is 0 Å². The second-order valence-electron chi connectivity index (χ2n) is 10.2. The third-order valence-corrected chi connectivity index (χ3v) is 8.34. The number of nitrogens with zero attached hydrogens (tertiary/aromatic N) is 1. The molecule has 0 radical (unpaired) electrons. The molecule has 4 nitrogen and oxygen atoms in total. The number of carbonyl (C=O) groups excluding carboxylic acids is 2. The maximum Gasteiger partial charge on any atom is 0.243 e. The first-order chi connectivity index (χ1) is 18.5. The number of halogens is 1. The predicted octanol–water partition coefficient (Wildman–Crippen LogP) is 6.97. The summed E-state index contributed by atoms with van der Waals surface area (Å²) in [6.45, 7) is 2.45. The van der Waals surface area contributed by atoms with Crippen LogP contribution in [0.3, 0.4) is 0 Å². The van der Waals surface area contributed by atoms with E-state index in [1.54, 1.807) is 16.7 Å². The van der Waals surface area contributed by atoms with Crippen LogP contribution in [-0.2, 0) is 28.3 Å². The standard InChI is InChI=1S/C32H37ClN2O2S/c1-24-12-14-26(15-13-24)21-35(31(36)23-38-22-27-16-18-28(33)19-17-27)30(20-25-8-4-2-5-9-25)32(37)34-29-10-6-3-7-11-29/h2,4-5,8-9,12-19,29-30H,3,6-7,10-11,20-23H2,1H3,(H,34,37)/t30-/m0/s1. The predicted molar refractivity (Wildman–Crippen MR) is 158 cm³/mol. The van der Waals surface area contributed by atoms with Crippen molar-refractivity contribution in [3.05, 3.63) is 106 Å². The fourth-order valence-electron chi connectivity index (χ4n) is 4.91. The van der Waals surface area contributed by atoms with Crippen LogP contribution in [0, 0.1) is 6.92 Å². The van der Waals surface area contributed by atoms with Gasteiger partial charge >= 0.3 is 0 Å². The highest BCUT2D eigenvalue weighted by Gasteiger charge is 2.31. The molecule has 3 aromatic carbocycles. The van der Waals surface area contributed by atoms with Gasteiger partial charge in [-0.1, -0.05) is 103 Å². The second-order valence-corrected chi connectivity index (χ2v) is 11.6. The molecule has 1 aliphatic carbocycles. The van der Waals surface area contributed by atoms with Crippen LogP contribution in [0.1, 0.15) is 54.4 Å². The SMILES string of the molecule is Cc1ccc(CN(C(=O)CSCc2ccc(Cl)cc2)[C@@H](Cc2ccccc2)C(=O)NC2CCCCC2)cc1. The van der Waals surface area contributed by atoms with Gasteiger partial charge in [0.15, 0.2) is 0 Å². The molecule has 2 amide bonds. The molecule has 200 valence electrons. The lowest BCUT2D eigenvalue weighted by Gasteiger charge is -2.33. The van der Waals surface area contributed by atoms with Crippen molar-refractivity contribution in [3.8, 4) is 0 Å². The Bertz CT molecular complexity index is 1160. The molecule has 0 saturated heterocycles. The Hall–Kier alpha value is -2.76. The first-order valence-corrected chi connectivity index (χ1v) is 15.0. The summed E-state index contributed by atoms with van der Waals surface area (Å²) in [5, 5.41) is 4.01. The molecule has 3 aromatic rings. The van der Waals surface area contributed by atoms with Gasteiger partial charge in [0.05, 0.1) is 5.75 Å². The van der Waals surface area contributed by atoms with Crippen molar-refractivity contribution in [1.82, 2.24) is 10.2 Å². The van der Waals surface area contributed by atoms with E-state index in [4.69, 9.17) is 11.6 Å². The van der Waals surface area contributed by atoms with Crippen LogP contribution in [0.5, 0.6) is 0 Å². The molecule has 4 rings (SSSR count). The first kappa shape index (κ1) is 28.3. The molecule has 1 atom stereocenters. The van der Waals surface area contributed by atoms with Crippen LogP contribution < -0.4 is 5.32 Å². The van der Waals surface area contributed by atoms with E-state index in [0.717, 1.165) is 42.4 Å². The molecule has 6 heteroatoms. The number of carbonyl (C=O) groups is 2. The summed E-state index contributed by atoms with van der Waals surface area (Å²) in [6, 6.07) is 25.5. The maximum atomic E-state index is 13.8. The van der Waals surface area contributed by atoms with Gasteiger partial charge in [0.2, 0.25) is 11.8 Å². The van der Waals surface area contributed by atoms with Gasteiger partial charge in [-0.25, -0.2) is 0 Å². The number of thioether (sulfide) groups is 1. The molecule has 0 bridgehead atoms. The van der Waals surface area contributed by atoms with Crippen LogP contribution in [0.15, 0.2) is 78.9 Å². The number of amides is 2. The van der Waals surface area contributed by atoms with E-state index in [9.17, 15) is 9.59 Å². The molecule has 1 saturated carbocycles. The van der Waals surface area contributed by atoms with E-state index in [1.807, 2.05) is 54.6 Å². The zero-order valence-corrected chi connectivity index (χ0v) is 23.6. The van der Waals surface area contributed by atoms with Gasteiger partial charge in [0.1, 0.15) is 6.04 Å². The first-order valence-electron chi connectivity index (χ1n) is 13.5. The highest BCUT2D eigenvalue weighted by atomic mass is 35.5. The van der Waals surface area contributed by atoms with Gasteiger partial charge in [-0.3, -0.25) is 9.59 Å². The molecular weight excluding hydrogens is 512 g/mol. The molecular formula is C32H37ClN2O2S. The molecule has 0 spiro atoms. The van der Waals surface area contributed by atoms with Crippen LogP contribution in [0.4, 0.5) is 0 Å². The summed E-state index contributed by atoms with van der Waals surface area (Å²) < 4.78 is 0. The highest BCUT2D eigenvalue weighted by molar-refractivity contribution is 7.99. The molecule has 0 aliphatic heterocycles. The van der Waals surface area contributed by atoms with E-state index >= 15 is 0 Å². The average Bonchev–Trinajstić information content (AvgIpc) is 2.94.